The molecule has 2 unspecified atom stereocenters. The Morgan fingerprint density at radius 3 is 2.17 bits per heavy atom. The zero-order chi connectivity index (χ0) is 29.6. The SMILES string of the molecule is CN(C(=O)[C@H](CC(=O)OCc1ccccc1)NC(=O)OCC1c2ccccc2-c2ccccc21)C1COCC1C(=O)O. The zero-order valence-corrected chi connectivity index (χ0v) is 23.1. The van der Waals surface area contributed by atoms with Gasteiger partial charge in [-0.05, 0) is 27.8 Å². The number of carbonyl (C=O) groups is 4. The molecule has 218 valence electrons. The Morgan fingerprint density at radius 1 is 0.905 bits per heavy atom. The van der Waals surface area contributed by atoms with Crippen molar-refractivity contribution in [2.24, 2.45) is 5.92 Å². The third-order valence-electron chi connectivity index (χ3n) is 7.76. The maximum absolute atomic E-state index is 13.5. The number of carboxylic acids is 1. The average Bonchev–Trinajstić information content (AvgIpc) is 3.62. The summed E-state index contributed by atoms with van der Waals surface area (Å²) < 4.78 is 16.3. The summed E-state index contributed by atoms with van der Waals surface area (Å²) in [6.45, 7) is 0.00206. The number of rotatable bonds is 10. The molecule has 1 fully saturated rings. The van der Waals surface area contributed by atoms with Crippen LogP contribution in [0.1, 0.15) is 29.0 Å². The standard InChI is InChI=1S/C32H32N2O8/c1-34(28-19-40-17-26(28)31(37)38)30(36)27(15-29(35)41-16-20-9-3-2-4-10-20)33-32(39)42-18-25-23-13-7-5-11-21(23)22-12-6-8-14-24(22)25/h2-14,25-28H,15-19H2,1H3,(H,33,39)(H,37,38)/t26?,27-,28?/m0/s1. The third kappa shape index (κ3) is 6.28. The molecular formula is C32H32N2O8. The Labute approximate surface area is 243 Å². The number of fused-ring (bicyclic) bond motifs is 3. The molecule has 1 saturated heterocycles. The maximum Gasteiger partial charge on any atom is 0.407 e. The Morgan fingerprint density at radius 2 is 1.52 bits per heavy atom. The first-order valence-electron chi connectivity index (χ1n) is 13.7. The lowest BCUT2D eigenvalue weighted by atomic mass is 9.98. The molecule has 0 aromatic heterocycles. The lowest BCUT2D eigenvalue weighted by molar-refractivity contribution is -0.150. The van der Waals surface area contributed by atoms with E-state index in [1.807, 2.05) is 66.7 Å². The number of hydrogen-bond donors (Lipinski definition) is 2. The second-order valence-corrected chi connectivity index (χ2v) is 10.4. The summed E-state index contributed by atoms with van der Waals surface area (Å²) in [5.41, 5.74) is 4.98. The summed E-state index contributed by atoms with van der Waals surface area (Å²) in [5.74, 6) is -3.58. The molecule has 10 heteroatoms. The van der Waals surface area contributed by atoms with Crippen molar-refractivity contribution in [1.29, 1.82) is 0 Å². The number of carboxylic acid groups (broad SMARTS) is 1. The predicted octanol–water partition coefficient (Wildman–Crippen LogP) is 3.59. The van der Waals surface area contributed by atoms with Crippen LogP contribution in [-0.2, 0) is 35.2 Å². The van der Waals surface area contributed by atoms with E-state index in [-0.39, 0.29) is 32.3 Å². The number of esters is 1. The van der Waals surface area contributed by atoms with Crippen LogP contribution in [0.4, 0.5) is 4.79 Å². The Balaban J connectivity index is 1.27. The highest BCUT2D eigenvalue weighted by molar-refractivity contribution is 5.90. The van der Waals surface area contributed by atoms with Crippen LogP contribution in [0.5, 0.6) is 0 Å². The third-order valence-corrected chi connectivity index (χ3v) is 7.76. The fraction of sp³-hybridized carbons (Fsp3) is 0.312. The number of likely N-dealkylation sites (N-methyl/N-ethyl adjacent to an activating group) is 1. The predicted molar refractivity (Wildman–Crippen MR) is 151 cm³/mol. The molecule has 5 rings (SSSR count). The van der Waals surface area contributed by atoms with Crippen LogP contribution in [0, 0.1) is 5.92 Å². The Hall–Kier alpha value is -4.70. The smallest absolute Gasteiger partial charge is 0.407 e. The van der Waals surface area contributed by atoms with E-state index in [0.717, 1.165) is 27.8 Å². The fourth-order valence-electron chi connectivity index (χ4n) is 5.52. The molecule has 3 aromatic rings. The van der Waals surface area contributed by atoms with Crippen LogP contribution < -0.4 is 5.32 Å². The van der Waals surface area contributed by atoms with E-state index < -0.39 is 48.4 Å². The van der Waals surface area contributed by atoms with E-state index in [9.17, 15) is 24.3 Å². The van der Waals surface area contributed by atoms with E-state index in [1.54, 1.807) is 12.1 Å². The van der Waals surface area contributed by atoms with Gasteiger partial charge in [-0.1, -0.05) is 78.9 Å². The van der Waals surface area contributed by atoms with E-state index >= 15 is 0 Å². The van der Waals surface area contributed by atoms with Gasteiger partial charge in [0.1, 0.15) is 25.2 Å². The van der Waals surface area contributed by atoms with Crippen molar-refractivity contribution in [3.63, 3.8) is 0 Å². The van der Waals surface area contributed by atoms with Gasteiger partial charge < -0.3 is 29.5 Å². The molecule has 3 atom stereocenters. The first-order valence-corrected chi connectivity index (χ1v) is 13.7. The van der Waals surface area contributed by atoms with Crippen LogP contribution in [0.2, 0.25) is 0 Å². The summed E-state index contributed by atoms with van der Waals surface area (Å²) >= 11 is 0. The molecule has 1 aliphatic heterocycles. The Bertz CT molecular complexity index is 1410. The van der Waals surface area contributed by atoms with Crippen molar-refractivity contribution in [3.05, 3.63) is 95.6 Å². The normalized spacial score (nSPS) is 17.9. The maximum atomic E-state index is 13.5. The monoisotopic (exact) mass is 572 g/mol. The fourth-order valence-corrected chi connectivity index (χ4v) is 5.52. The second kappa shape index (κ2) is 12.9. The van der Waals surface area contributed by atoms with Crippen LogP contribution in [-0.4, -0.2) is 72.9 Å². The molecular weight excluding hydrogens is 540 g/mol. The lowest BCUT2D eigenvalue weighted by Gasteiger charge is -2.30. The van der Waals surface area contributed by atoms with Crippen molar-refractivity contribution >= 4 is 23.9 Å². The number of carbonyl (C=O) groups excluding carboxylic acids is 3. The van der Waals surface area contributed by atoms with Gasteiger partial charge >= 0.3 is 18.0 Å². The first kappa shape index (κ1) is 28.8. The van der Waals surface area contributed by atoms with Gasteiger partial charge in [-0.25, -0.2) is 4.79 Å². The summed E-state index contributed by atoms with van der Waals surface area (Å²) in [6, 6.07) is 22.8. The van der Waals surface area contributed by atoms with Gasteiger partial charge in [0.25, 0.3) is 0 Å². The minimum Gasteiger partial charge on any atom is -0.481 e. The first-order chi connectivity index (χ1) is 20.3. The molecule has 42 heavy (non-hydrogen) atoms. The summed E-state index contributed by atoms with van der Waals surface area (Å²) in [5, 5.41) is 12.1. The summed E-state index contributed by atoms with van der Waals surface area (Å²) in [4.78, 5) is 52.2. The lowest BCUT2D eigenvalue weighted by Crippen LogP contribution is -2.53. The quantitative estimate of drug-likeness (QED) is 0.353. The number of nitrogens with zero attached hydrogens (tertiary/aromatic N) is 1. The van der Waals surface area contributed by atoms with Gasteiger partial charge in [0.15, 0.2) is 0 Å². The number of aliphatic carboxylic acids is 1. The van der Waals surface area contributed by atoms with Gasteiger partial charge in [-0.2, -0.15) is 0 Å². The molecule has 0 saturated carbocycles. The average molecular weight is 573 g/mol. The number of alkyl carbamates (subject to hydrolysis) is 1. The van der Waals surface area contributed by atoms with Gasteiger partial charge in [-0.3, -0.25) is 14.4 Å². The molecule has 3 aromatic carbocycles. The number of hydrogen-bond acceptors (Lipinski definition) is 7. The van der Waals surface area contributed by atoms with E-state index in [0.29, 0.717) is 0 Å². The second-order valence-electron chi connectivity index (χ2n) is 10.4. The largest absolute Gasteiger partial charge is 0.481 e. The van der Waals surface area contributed by atoms with Crippen LogP contribution >= 0.6 is 0 Å². The van der Waals surface area contributed by atoms with Gasteiger partial charge in [0.05, 0.1) is 25.7 Å². The van der Waals surface area contributed by atoms with Crippen molar-refractivity contribution in [3.8, 4) is 11.1 Å². The van der Waals surface area contributed by atoms with Crippen LogP contribution in [0.25, 0.3) is 11.1 Å². The molecule has 2 N–H and O–H groups in total. The van der Waals surface area contributed by atoms with Crippen molar-refractivity contribution in [1.82, 2.24) is 10.2 Å². The molecule has 1 aliphatic carbocycles. The highest BCUT2D eigenvalue weighted by Gasteiger charge is 2.41. The van der Waals surface area contributed by atoms with E-state index in [4.69, 9.17) is 14.2 Å². The number of nitrogens with one attached hydrogen (secondary N) is 1. The summed E-state index contributed by atoms with van der Waals surface area (Å²) in [6.07, 6.45) is -1.34. The molecule has 1 heterocycles. The Kier molecular flexibility index (Phi) is 8.83. The van der Waals surface area contributed by atoms with Crippen LogP contribution in [0.15, 0.2) is 78.9 Å². The number of ether oxygens (including phenoxy) is 3. The highest BCUT2D eigenvalue weighted by Crippen LogP contribution is 2.44. The van der Waals surface area contributed by atoms with Crippen molar-refractivity contribution < 1.29 is 38.5 Å². The minimum atomic E-state index is -1.34. The highest BCUT2D eigenvalue weighted by atomic mass is 16.6. The van der Waals surface area contributed by atoms with Gasteiger partial charge in [-0.15, -0.1) is 0 Å². The summed E-state index contributed by atoms with van der Waals surface area (Å²) in [7, 11) is 1.43. The van der Waals surface area contributed by atoms with E-state index in [1.165, 1.54) is 11.9 Å². The molecule has 10 nitrogen and oxygen atoms in total. The van der Waals surface area contributed by atoms with Crippen molar-refractivity contribution in [2.45, 2.75) is 31.0 Å². The molecule has 0 radical (unpaired) electrons. The van der Waals surface area contributed by atoms with E-state index in [2.05, 4.69) is 5.32 Å². The molecule has 2 amide bonds. The number of amides is 2. The van der Waals surface area contributed by atoms with Gasteiger partial charge in [0.2, 0.25) is 5.91 Å². The van der Waals surface area contributed by atoms with Crippen LogP contribution in [0.3, 0.4) is 0 Å². The zero-order valence-electron chi connectivity index (χ0n) is 23.1. The topological polar surface area (TPSA) is 131 Å². The molecule has 0 bridgehead atoms. The molecule has 2 aliphatic rings. The minimum absolute atomic E-state index is 0.00107. The van der Waals surface area contributed by atoms with Gasteiger partial charge in [0, 0.05) is 13.0 Å². The molecule has 0 spiro atoms. The van der Waals surface area contributed by atoms with Crippen molar-refractivity contribution in [2.75, 3.05) is 26.9 Å². The number of benzene rings is 3.